The molecule has 4 nitrogen and oxygen atoms in total. The van der Waals surface area contributed by atoms with E-state index in [0.29, 0.717) is 4.88 Å². The Labute approximate surface area is 112 Å². The van der Waals surface area contributed by atoms with Gasteiger partial charge in [-0.2, -0.15) is 0 Å². The number of hydrogen-bond donors (Lipinski definition) is 0. The first-order valence-electron chi connectivity index (χ1n) is 6.38. The zero-order chi connectivity index (χ0) is 13.1. The van der Waals surface area contributed by atoms with Gasteiger partial charge in [0.2, 0.25) is 0 Å². The third kappa shape index (κ3) is 2.83. The van der Waals surface area contributed by atoms with Crippen LogP contribution >= 0.6 is 11.3 Å². The molecular formula is C13H20N2O2S. The molecule has 0 spiro atoms. The van der Waals surface area contributed by atoms with E-state index in [1.807, 2.05) is 6.92 Å². The molecule has 100 valence electrons. The minimum Gasteiger partial charge on any atom is -0.465 e. The number of nitrogens with zero attached hydrogens (tertiary/aromatic N) is 2. The molecule has 0 aliphatic heterocycles. The van der Waals surface area contributed by atoms with Crippen LogP contribution in [-0.4, -0.2) is 31.7 Å². The highest BCUT2D eigenvalue weighted by Crippen LogP contribution is 2.30. The van der Waals surface area contributed by atoms with Crippen LogP contribution in [0.25, 0.3) is 0 Å². The van der Waals surface area contributed by atoms with Crippen molar-refractivity contribution in [2.24, 2.45) is 5.92 Å². The molecule has 1 aromatic rings. The average molecular weight is 268 g/mol. The van der Waals surface area contributed by atoms with Crippen molar-refractivity contribution in [3.05, 3.63) is 10.6 Å². The van der Waals surface area contributed by atoms with Gasteiger partial charge in [-0.15, -0.1) is 0 Å². The maximum absolute atomic E-state index is 11.5. The molecule has 1 fully saturated rings. The van der Waals surface area contributed by atoms with E-state index in [4.69, 9.17) is 4.74 Å². The van der Waals surface area contributed by atoms with Gasteiger partial charge in [-0.1, -0.05) is 24.2 Å². The van der Waals surface area contributed by atoms with Gasteiger partial charge in [0.1, 0.15) is 4.88 Å². The number of thiazole rings is 1. The van der Waals surface area contributed by atoms with Gasteiger partial charge in [0.05, 0.1) is 12.8 Å². The molecule has 0 atom stereocenters. The fourth-order valence-corrected chi connectivity index (χ4v) is 3.44. The summed E-state index contributed by atoms with van der Waals surface area (Å²) in [6.45, 7) is 2.89. The van der Waals surface area contributed by atoms with E-state index < -0.39 is 0 Å². The predicted octanol–water partition coefficient (Wildman–Crippen LogP) is 2.86. The van der Waals surface area contributed by atoms with Crippen LogP contribution in [0.15, 0.2) is 0 Å². The number of hydrogen-bond acceptors (Lipinski definition) is 5. The maximum atomic E-state index is 11.5. The predicted molar refractivity (Wildman–Crippen MR) is 73.4 cm³/mol. The van der Waals surface area contributed by atoms with Crippen LogP contribution in [-0.2, 0) is 4.74 Å². The fourth-order valence-electron chi connectivity index (χ4n) is 2.49. The molecule has 0 amide bonds. The number of ether oxygens (including phenoxy) is 1. The summed E-state index contributed by atoms with van der Waals surface area (Å²) in [6, 6.07) is 0. The van der Waals surface area contributed by atoms with E-state index in [1.165, 1.54) is 44.1 Å². The molecule has 1 aliphatic rings. The van der Waals surface area contributed by atoms with E-state index in [9.17, 15) is 4.79 Å². The summed E-state index contributed by atoms with van der Waals surface area (Å²) in [7, 11) is 3.46. The summed E-state index contributed by atoms with van der Waals surface area (Å²) in [4.78, 5) is 18.8. The second-order valence-electron chi connectivity index (χ2n) is 4.93. The lowest BCUT2D eigenvalue weighted by Gasteiger charge is -2.19. The van der Waals surface area contributed by atoms with Crippen LogP contribution in [0.3, 0.4) is 0 Å². The van der Waals surface area contributed by atoms with Gasteiger partial charge >= 0.3 is 5.97 Å². The highest BCUT2D eigenvalue weighted by molar-refractivity contribution is 7.17. The Kier molecular flexibility index (Phi) is 4.22. The molecule has 18 heavy (non-hydrogen) atoms. The quantitative estimate of drug-likeness (QED) is 0.787. The monoisotopic (exact) mass is 268 g/mol. The molecule has 1 saturated carbocycles. The zero-order valence-electron chi connectivity index (χ0n) is 11.2. The maximum Gasteiger partial charge on any atom is 0.350 e. The van der Waals surface area contributed by atoms with Crippen molar-refractivity contribution in [3.8, 4) is 0 Å². The van der Waals surface area contributed by atoms with Crippen molar-refractivity contribution < 1.29 is 9.53 Å². The third-order valence-electron chi connectivity index (χ3n) is 3.49. The topological polar surface area (TPSA) is 42.4 Å². The summed E-state index contributed by atoms with van der Waals surface area (Å²) in [5.41, 5.74) is 0.764. The number of aromatic nitrogens is 1. The summed E-state index contributed by atoms with van der Waals surface area (Å²) in [6.07, 6.45) is 5.34. The number of rotatable bonds is 4. The van der Waals surface area contributed by atoms with Crippen molar-refractivity contribution >= 4 is 22.4 Å². The van der Waals surface area contributed by atoms with Crippen molar-refractivity contribution in [2.45, 2.75) is 32.6 Å². The Morgan fingerprint density at radius 1 is 1.50 bits per heavy atom. The first-order valence-corrected chi connectivity index (χ1v) is 7.20. The van der Waals surface area contributed by atoms with Crippen LogP contribution in [0.5, 0.6) is 0 Å². The Bertz CT molecular complexity index is 425. The van der Waals surface area contributed by atoms with Crippen LogP contribution in [0.4, 0.5) is 5.13 Å². The summed E-state index contributed by atoms with van der Waals surface area (Å²) < 4.78 is 4.76. The first-order chi connectivity index (χ1) is 8.61. The van der Waals surface area contributed by atoms with Crippen molar-refractivity contribution in [2.75, 3.05) is 25.6 Å². The highest BCUT2D eigenvalue weighted by atomic mass is 32.1. The molecule has 0 bridgehead atoms. The minimum absolute atomic E-state index is 0.287. The van der Waals surface area contributed by atoms with Crippen LogP contribution in [0.1, 0.15) is 41.0 Å². The van der Waals surface area contributed by atoms with Gasteiger partial charge in [0.25, 0.3) is 0 Å². The Hall–Kier alpha value is -1.10. The highest BCUT2D eigenvalue weighted by Gasteiger charge is 2.21. The number of carbonyl (C=O) groups excluding carboxylic acids is 1. The van der Waals surface area contributed by atoms with Gasteiger partial charge in [0.15, 0.2) is 5.13 Å². The van der Waals surface area contributed by atoms with Crippen LogP contribution in [0, 0.1) is 12.8 Å². The Balaban J connectivity index is 2.05. The number of carbonyl (C=O) groups is 1. The van der Waals surface area contributed by atoms with Crippen LogP contribution < -0.4 is 4.90 Å². The van der Waals surface area contributed by atoms with E-state index in [1.54, 1.807) is 0 Å². The average Bonchev–Trinajstić information content (AvgIpc) is 2.97. The molecule has 2 rings (SSSR count). The summed E-state index contributed by atoms with van der Waals surface area (Å²) in [5, 5.41) is 0.916. The second-order valence-corrected chi connectivity index (χ2v) is 5.91. The largest absolute Gasteiger partial charge is 0.465 e. The van der Waals surface area contributed by atoms with Gasteiger partial charge in [-0.05, 0) is 25.7 Å². The number of esters is 1. The third-order valence-corrected chi connectivity index (χ3v) is 4.74. The molecule has 1 heterocycles. The molecule has 0 unspecified atom stereocenters. The van der Waals surface area contributed by atoms with E-state index in [2.05, 4.69) is 16.9 Å². The van der Waals surface area contributed by atoms with Gasteiger partial charge in [-0.25, -0.2) is 9.78 Å². The summed E-state index contributed by atoms with van der Waals surface area (Å²) >= 11 is 1.42. The Morgan fingerprint density at radius 2 is 2.17 bits per heavy atom. The molecule has 0 saturated heterocycles. The normalized spacial score (nSPS) is 15.9. The lowest BCUT2D eigenvalue weighted by molar-refractivity contribution is 0.0605. The molecule has 0 aromatic carbocycles. The Morgan fingerprint density at radius 3 is 2.78 bits per heavy atom. The van der Waals surface area contributed by atoms with E-state index in [0.717, 1.165) is 23.3 Å². The van der Waals surface area contributed by atoms with Gasteiger partial charge in [-0.3, -0.25) is 0 Å². The lowest BCUT2D eigenvalue weighted by atomic mass is 10.1. The van der Waals surface area contributed by atoms with Gasteiger partial charge < -0.3 is 9.64 Å². The second kappa shape index (κ2) is 5.69. The molecular weight excluding hydrogens is 248 g/mol. The molecule has 0 N–H and O–H groups in total. The lowest BCUT2D eigenvalue weighted by Crippen LogP contribution is -2.23. The van der Waals surface area contributed by atoms with Crippen molar-refractivity contribution in [1.82, 2.24) is 4.98 Å². The molecule has 1 aromatic heterocycles. The molecule has 1 aliphatic carbocycles. The standard InChI is InChI=1S/C13H20N2O2S/c1-9-11(12(16)17-3)18-13(14-9)15(2)8-10-6-4-5-7-10/h10H,4-8H2,1-3H3. The molecule has 5 heteroatoms. The summed E-state index contributed by atoms with van der Waals surface area (Å²) in [5.74, 6) is 0.492. The minimum atomic E-state index is -0.287. The van der Waals surface area contributed by atoms with Crippen molar-refractivity contribution in [3.63, 3.8) is 0 Å². The SMILES string of the molecule is COC(=O)c1sc(N(C)CC2CCCC2)nc1C. The van der Waals surface area contributed by atoms with Crippen LogP contribution in [0.2, 0.25) is 0 Å². The number of aryl methyl sites for hydroxylation is 1. The zero-order valence-corrected chi connectivity index (χ0v) is 12.0. The number of anilines is 1. The smallest absolute Gasteiger partial charge is 0.350 e. The fraction of sp³-hybridized carbons (Fsp3) is 0.692. The first kappa shape index (κ1) is 13.3. The van der Waals surface area contributed by atoms with Crippen molar-refractivity contribution in [1.29, 1.82) is 0 Å². The van der Waals surface area contributed by atoms with E-state index in [-0.39, 0.29) is 5.97 Å². The number of methoxy groups -OCH3 is 1. The van der Waals surface area contributed by atoms with Gasteiger partial charge in [0, 0.05) is 13.6 Å². The van der Waals surface area contributed by atoms with E-state index >= 15 is 0 Å². The molecule has 0 radical (unpaired) electrons.